The van der Waals surface area contributed by atoms with Crippen LogP contribution in [-0.4, -0.2) is 14.5 Å². The Morgan fingerprint density at radius 2 is 1.49 bits per heavy atom. The molecule has 0 amide bonds. The molecule has 0 atom stereocenters. The molecule has 0 saturated carbocycles. The Labute approximate surface area is 201 Å². The molecule has 4 aromatic carbocycles. The topological polar surface area (TPSA) is 80.6 Å². The van der Waals surface area contributed by atoms with E-state index in [4.69, 9.17) is 5.73 Å². The van der Waals surface area contributed by atoms with Crippen molar-refractivity contribution in [2.75, 3.05) is 5.73 Å². The van der Waals surface area contributed by atoms with Crippen LogP contribution >= 0.6 is 0 Å². The molecule has 0 bridgehead atoms. The molecule has 6 aromatic rings. The van der Waals surface area contributed by atoms with Gasteiger partial charge in [0.05, 0.1) is 0 Å². The first-order chi connectivity index (χ1) is 17.1. The Morgan fingerprint density at radius 1 is 0.800 bits per heavy atom. The summed E-state index contributed by atoms with van der Waals surface area (Å²) in [5.41, 5.74) is 11.3. The number of benzene rings is 4. The Hall–Kier alpha value is -4.71. The van der Waals surface area contributed by atoms with E-state index in [9.17, 15) is 4.79 Å². The minimum atomic E-state index is -0.244. The van der Waals surface area contributed by atoms with E-state index in [1.807, 2.05) is 45.8 Å². The van der Waals surface area contributed by atoms with Crippen LogP contribution in [0.15, 0.2) is 108 Å². The molecule has 0 aliphatic heterocycles. The van der Waals surface area contributed by atoms with Gasteiger partial charge in [0, 0.05) is 0 Å². The summed E-state index contributed by atoms with van der Waals surface area (Å²) in [5, 5.41) is 2.36. The van der Waals surface area contributed by atoms with Crippen molar-refractivity contribution in [1.29, 1.82) is 0 Å². The molecule has 0 aliphatic carbocycles. The number of rotatable bonds is 5. The molecule has 0 fully saturated rings. The number of hydrogen-bond acceptors (Lipinski definition) is 3. The van der Waals surface area contributed by atoms with E-state index in [1.54, 1.807) is 0 Å². The Bertz CT molecular complexity index is 1720. The van der Waals surface area contributed by atoms with Crippen LogP contribution in [0.2, 0.25) is 0 Å². The van der Waals surface area contributed by atoms with Gasteiger partial charge in [-0.2, -0.15) is 4.98 Å². The maximum atomic E-state index is 12.9. The molecule has 35 heavy (non-hydrogen) atoms. The van der Waals surface area contributed by atoms with Crippen LogP contribution < -0.4 is 15.9 Å². The number of nitrogens with one attached hydrogen (secondary N) is 1. The predicted molar refractivity (Wildman–Crippen MR) is 139 cm³/mol. The molecule has 0 saturated heterocycles. The smallest absolute Gasteiger partial charge is 0.304 e. The number of aromatic nitrogens is 4. The van der Waals surface area contributed by atoms with Gasteiger partial charge in [-0.05, 0) is 39.1 Å². The Balaban J connectivity index is 1.37. The van der Waals surface area contributed by atoms with Gasteiger partial charge in [-0.25, -0.2) is 9.13 Å². The number of hydrogen-bond donors (Lipinski definition) is 2. The maximum Gasteiger partial charge on any atom is 0.304 e. The zero-order valence-corrected chi connectivity index (χ0v) is 19.1. The van der Waals surface area contributed by atoms with Crippen molar-refractivity contribution in [3.63, 3.8) is 0 Å². The number of nitrogens with zero attached hydrogens (tertiary/aromatic N) is 3. The minimum absolute atomic E-state index is 0.110. The first-order valence-electron chi connectivity index (χ1n) is 11.5. The fourth-order valence-electron chi connectivity index (χ4n) is 4.61. The minimum Gasteiger partial charge on any atom is -0.369 e. The largest absolute Gasteiger partial charge is 0.369 e. The van der Waals surface area contributed by atoms with E-state index in [2.05, 4.69) is 76.7 Å². The lowest BCUT2D eigenvalue weighted by atomic mass is 10.0. The lowest BCUT2D eigenvalue weighted by Crippen LogP contribution is -2.37. The van der Waals surface area contributed by atoms with Gasteiger partial charge in [-0.3, -0.25) is 9.78 Å². The highest BCUT2D eigenvalue weighted by Gasteiger charge is 2.22. The van der Waals surface area contributed by atoms with E-state index in [-0.39, 0.29) is 11.5 Å². The third kappa shape index (κ3) is 4.06. The number of fused-ring (bicyclic) bond motifs is 2. The number of aromatic amines is 1. The molecule has 6 heteroatoms. The average Bonchev–Trinajstić information content (AvgIpc) is 3.21. The second-order valence-electron chi connectivity index (χ2n) is 8.74. The monoisotopic (exact) mass is 458 g/mol. The highest BCUT2D eigenvalue weighted by Crippen LogP contribution is 2.20. The average molecular weight is 459 g/mol. The number of nitrogens with two attached hydrogens (primary N) is 1. The first-order valence-corrected chi connectivity index (χ1v) is 11.5. The van der Waals surface area contributed by atoms with Crippen LogP contribution in [-0.2, 0) is 13.1 Å². The number of imidazole rings is 1. The van der Waals surface area contributed by atoms with E-state index < -0.39 is 0 Å². The van der Waals surface area contributed by atoms with Crippen LogP contribution in [0.5, 0.6) is 0 Å². The van der Waals surface area contributed by atoms with Crippen molar-refractivity contribution >= 4 is 27.9 Å². The van der Waals surface area contributed by atoms with Gasteiger partial charge >= 0.3 is 5.56 Å². The summed E-state index contributed by atoms with van der Waals surface area (Å²) in [6.07, 6.45) is 1.95. The standard InChI is InChI=1S/C29H23N5O/c30-29-31-27-26(28(35)32-29)33(18-21-12-15-23-8-4-5-9-25(23)16-21)19-34(27)17-20-10-13-24(14-11-20)22-6-2-1-3-7-22/h1-16,19H,17-18H2,(H2-,30,31,32,35)/p+1. The van der Waals surface area contributed by atoms with Gasteiger partial charge in [0.1, 0.15) is 13.1 Å². The van der Waals surface area contributed by atoms with E-state index in [0.29, 0.717) is 24.3 Å². The van der Waals surface area contributed by atoms with Crippen molar-refractivity contribution in [2.45, 2.75) is 13.1 Å². The van der Waals surface area contributed by atoms with Crippen molar-refractivity contribution in [3.05, 3.63) is 125 Å². The summed E-state index contributed by atoms with van der Waals surface area (Å²) in [5.74, 6) is 0.110. The highest BCUT2D eigenvalue weighted by molar-refractivity contribution is 5.83. The van der Waals surface area contributed by atoms with E-state index >= 15 is 0 Å². The van der Waals surface area contributed by atoms with E-state index in [1.165, 1.54) is 16.3 Å². The predicted octanol–water partition coefficient (Wildman–Crippen LogP) is 4.51. The van der Waals surface area contributed by atoms with Gasteiger partial charge in [0.25, 0.3) is 11.2 Å². The van der Waals surface area contributed by atoms with Crippen LogP contribution in [0.1, 0.15) is 11.1 Å². The fraction of sp³-hybridized carbons (Fsp3) is 0.0690. The highest BCUT2D eigenvalue weighted by atomic mass is 16.1. The fourth-order valence-corrected chi connectivity index (χ4v) is 4.61. The number of anilines is 1. The van der Waals surface area contributed by atoms with Crippen molar-refractivity contribution in [1.82, 2.24) is 14.5 Å². The van der Waals surface area contributed by atoms with Gasteiger partial charge < -0.3 is 5.73 Å². The maximum absolute atomic E-state index is 12.9. The lowest BCUT2D eigenvalue weighted by Gasteiger charge is -2.03. The van der Waals surface area contributed by atoms with Crippen LogP contribution in [0.25, 0.3) is 33.1 Å². The van der Waals surface area contributed by atoms with Gasteiger partial charge in [0.2, 0.25) is 12.3 Å². The van der Waals surface area contributed by atoms with Crippen molar-refractivity contribution in [2.24, 2.45) is 0 Å². The number of nitrogen functional groups attached to an aromatic ring is 1. The summed E-state index contributed by atoms with van der Waals surface area (Å²) in [4.78, 5) is 20.0. The summed E-state index contributed by atoms with van der Waals surface area (Å²) in [7, 11) is 0. The molecule has 6 nitrogen and oxygen atoms in total. The molecule has 0 unspecified atom stereocenters. The van der Waals surface area contributed by atoms with Crippen LogP contribution in [0.3, 0.4) is 0 Å². The molecular formula is C29H24N5O+. The van der Waals surface area contributed by atoms with E-state index in [0.717, 1.165) is 16.7 Å². The first kappa shape index (κ1) is 20.9. The molecular weight excluding hydrogens is 434 g/mol. The molecule has 170 valence electrons. The van der Waals surface area contributed by atoms with Crippen LogP contribution in [0, 0.1) is 0 Å². The molecule has 0 radical (unpaired) electrons. The summed E-state index contributed by atoms with van der Waals surface area (Å²) in [6.45, 7) is 1.13. The molecule has 0 aliphatic rings. The second kappa shape index (κ2) is 8.57. The Kier molecular flexibility index (Phi) is 5.11. The molecule has 2 aromatic heterocycles. The summed E-state index contributed by atoms with van der Waals surface area (Å²) < 4.78 is 3.93. The van der Waals surface area contributed by atoms with Gasteiger partial charge in [0.15, 0.2) is 0 Å². The van der Waals surface area contributed by atoms with Crippen molar-refractivity contribution < 1.29 is 4.57 Å². The summed E-state index contributed by atoms with van der Waals surface area (Å²) in [6, 6.07) is 33.4. The van der Waals surface area contributed by atoms with Gasteiger partial charge in [-0.1, -0.05) is 91.0 Å². The van der Waals surface area contributed by atoms with Gasteiger partial charge in [-0.15, -0.1) is 0 Å². The molecule has 3 N–H and O–H groups in total. The SMILES string of the molecule is Nc1nc2c(c(=O)[nH]1)[n+](Cc1ccc3ccccc3c1)cn2Cc1ccc(-c2ccccc2)cc1. The molecule has 0 spiro atoms. The normalized spacial score (nSPS) is 11.3. The number of H-pyrrole nitrogens is 1. The molecule has 2 heterocycles. The van der Waals surface area contributed by atoms with Crippen molar-refractivity contribution in [3.8, 4) is 11.1 Å². The zero-order valence-electron chi connectivity index (χ0n) is 19.1. The molecule has 6 rings (SSSR count). The third-order valence-electron chi connectivity index (χ3n) is 6.31. The lowest BCUT2D eigenvalue weighted by molar-refractivity contribution is -0.663. The Morgan fingerprint density at radius 3 is 2.29 bits per heavy atom. The third-order valence-corrected chi connectivity index (χ3v) is 6.31. The summed E-state index contributed by atoms with van der Waals surface area (Å²) >= 11 is 0. The quantitative estimate of drug-likeness (QED) is 0.373. The van der Waals surface area contributed by atoms with Crippen LogP contribution in [0.4, 0.5) is 5.95 Å². The second-order valence-corrected chi connectivity index (χ2v) is 8.74. The zero-order chi connectivity index (χ0) is 23.8.